The summed E-state index contributed by atoms with van der Waals surface area (Å²) in [5.41, 5.74) is 3.53. The molecule has 0 spiro atoms. The van der Waals surface area contributed by atoms with Gasteiger partial charge in [-0.2, -0.15) is 0 Å². The molecule has 118 valence electrons. The van der Waals surface area contributed by atoms with Crippen molar-refractivity contribution in [1.82, 2.24) is 10.3 Å². The van der Waals surface area contributed by atoms with Gasteiger partial charge in [0.1, 0.15) is 5.82 Å². The molecule has 0 fully saturated rings. The molecule has 0 bridgehead atoms. The first-order valence-corrected chi connectivity index (χ1v) is 7.62. The van der Waals surface area contributed by atoms with Gasteiger partial charge in [-0.25, -0.2) is 4.39 Å². The lowest BCUT2D eigenvalue weighted by molar-refractivity contribution is 0.173. The maximum absolute atomic E-state index is 13.7. The summed E-state index contributed by atoms with van der Waals surface area (Å²) in [6.45, 7) is 2.83. The molecule has 3 rings (SSSR count). The van der Waals surface area contributed by atoms with Crippen molar-refractivity contribution in [1.29, 1.82) is 0 Å². The van der Waals surface area contributed by atoms with Crippen LogP contribution >= 0.6 is 0 Å². The largest absolute Gasteiger partial charge is 0.387 e. The summed E-state index contributed by atoms with van der Waals surface area (Å²) in [4.78, 5) is 4.32. The van der Waals surface area contributed by atoms with Crippen LogP contribution in [0.25, 0.3) is 10.9 Å². The number of pyridine rings is 1. The first kappa shape index (κ1) is 15.6. The fourth-order valence-corrected chi connectivity index (χ4v) is 2.78. The number of rotatable bonds is 5. The minimum Gasteiger partial charge on any atom is -0.387 e. The van der Waals surface area contributed by atoms with Crippen LogP contribution < -0.4 is 5.32 Å². The fraction of sp³-hybridized carbons (Fsp3) is 0.211. The molecule has 2 aromatic carbocycles. The molecule has 1 aromatic heterocycles. The van der Waals surface area contributed by atoms with Crippen LogP contribution in [0, 0.1) is 12.7 Å². The molecule has 0 saturated heterocycles. The smallest absolute Gasteiger partial charge is 0.124 e. The first-order chi connectivity index (χ1) is 11.1. The predicted octanol–water partition coefficient (Wildman–Crippen LogP) is 3.51. The number of hydrogen-bond acceptors (Lipinski definition) is 3. The Labute approximate surface area is 134 Å². The molecule has 3 aromatic rings. The number of aryl methyl sites for hydroxylation is 1. The standard InChI is InChI=1S/C19H19FN2O/c1-13-5-2-3-7-17(13)18(23)12-21-11-15-10-16(20)9-14-6-4-8-22-19(14)15/h2-10,18,21,23H,11-12H2,1H3. The van der Waals surface area contributed by atoms with Gasteiger partial charge in [0, 0.05) is 24.7 Å². The molecule has 23 heavy (non-hydrogen) atoms. The molecule has 0 aliphatic heterocycles. The van der Waals surface area contributed by atoms with Gasteiger partial charge in [0.2, 0.25) is 0 Å². The number of aromatic nitrogens is 1. The summed E-state index contributed by atoms with van der Waals surface area (Å²) < 4.78 is 13.7. The molecule has 1 unspecified atom stereocenters. The highest BCUT2D eigenvalue weighted by atomic mass is 19.1. The minimum atomic E-state index is -0.594. The Balaban J connectivity index is 1.71. The molecular weight excluding hydrogens is 291 g/mol. The summed E-state index contributed by atoms with van der Waals surface area (Å²) in [6, 6.07) is 14.4. The van der Waals surface area contributed by atoms with Crippen LogP contribution in [-0.2, 0) is 6.54 Å². The van der Waals surface area contributed by atoms with Gasteiger partial charge in [-0.1, -0.05) is 30.3 Å². The molecule has 0 aliphatic rings. The zero-order valence-electron chi connectivity index (χ0n) is 13.0. The van der Waals surface area contributed by atoms with Crippen molar-refractivity contribution >= 4 is 10.9 Å². The number of nitrogens with one attached hydrogen (secondary N) is 1. The first-order valence-electron chi connectivity index (χ1n) is 7.62. The fourth-order valence-electron chi connectivity index (χ4n) is 2.78. The van der Waals surface area contributed by atoms with Crippen molar-refractivity contribution in [2.75, 3.05) is 6.54 Å². The number of hydrogen-bond donors (Lipinski definition) is 2. The van der Waals surface area contributed by atoms with Gasteiger partial charge in [0.05, 0.1) is 11.6 Å². The summed E-state index contributed by atoms with van der Waals surface area (Å²) in [5, 5.41) is 14.3. The van der Waals surface area contributed by atoms with E-state index in [0.29, 0.717) is 13.1 Å². The minimum absolute atomic E-state index is 0.276. The molecule has 1 heterocycles. The van der Waals surface area contributed by atoms with Crippen molar-refractivity contribution in [3.63, 3.8) is 0 Å². The third-order valence-electron chi connectivity index (χ3n) is 3.95. The summed E-state index contributed by atoms with van der Waals surface area (Å²) in [6.07, 6.45) is 1.11. The second-order valence-corrected chi connectivity index (χ2v) is 5.64. The van der Waals surface area contributed by atoms with Crippen molar-refractivity contribution in [2.24, 2.45) is 0 Å². The maximum atomic E-state index is 13.7. The van der Waals surface area contributed by atoms with E-state index in [1.54, 1.807) is 12.3 Å². The normalized spacial score (nSPS) is 12.5. The second-order valence-electron chi connectivity index (χ2n) is 5.64. The highest BCUT2D eigenvalue weighted by molar-refractivity contribution is 5.81. The Bertz CT molecular complexity index is 819. The maximum Gasteiger partial charge on any atom is 0.124 e. The van der Waals surface area contributed by atoms with E-state index >= 15 is 0 Å². The Morgan fingerprint density at radius 1 is 1.17 bits per heavy atom. The Morgan fingerprint density at radius 2 is 2.00 bits per heavy atom. The van der Waals surface area contributed by atoms with Gasteiger partial charge in [-0.05, 0) is 41.8 Å². The van der Waals surface area contributed by atoms with Gasteiger partial charge in [-0.15, -0.1) is 0 Å². The van der Waals surface area contributed by atoms with Crippen molar-refractivity contribution in [2.45, 2.75) is 19.6 Å². The third kappa shape index (κ3) is 3.55. The molecule has 0 aliphatic carbocycles. The molecule has 0 saturated carbocycles. The molecule has 3 nitrogen and oxygen atoms in total. The topological polar surface area (TPSA) is 45.1 Å². The van der Waals surface area contributed by atoms with Gasteiger partial charge in [0.15, 0.2) is 0 Å². The molecule has 2 N–H and O–H groups in total. The van der Waals surface area contributed by atoms with Crippen LogP contribution in [-0.4, -0.2) is 16.6 Å². The number of benzene rings is 2. The number of aliphatic hydroxyl groups excluding tert-OH is 1. The lowest BCUT2D eigenvalue weighted by Gasteiger charge is -2.15. The highest BCUT2D eigenvalue weighted by Gasteiger charge is 2.10. The van der Waals surface area contributed by atoms with E-state index in [0.717, 1.165) is 27.6 Å². The van der Waals surface area contributed by atoms with E-state index in [-0.39, 0.29) is 5.82 Å². The van der Waals surface area contributed by atoms with Crippen LogP contribution in [0.3, 0.4) is 0 Å². The van der Waals surface area contributed by atoms with E-state index in [4.69, 9.17) is 0 Å². The van der Waals surface area contributed by atoms with E-state index in [1.807, 2.05) is 37.3 Å². The van der Waals surface area contributed by atoms with Crippen molar-refractivity contribution < 1.29 is 9.50 Å². The number of fused-ring (bicyclic) bond motifs is 1. The van der Waals surface area contributed by atoms with Crippen LogP contribution in [0.5, 0.6) is 0 Å². The highest BCUT2D eigenvalue weighted by Crippen LogP contribution is 2.19. The van der Waals surface area contributed by atoms with E-state index in [2.05, 4.69) is 10.3 Å². The number of aliphatic hydroxyl groups is 1. The summed E-state index contributed by atoms with van der Waals surface area (Å²) >= 11 is 0. The van der Waals surface area contributed by atoms with E-state index in [1.165, 1.54) is 12.1 Å². The molecule has 4 heteroatoms. The molecular formula is C19H19FN2O. The Kier molecular flexibility index (Phi) is 4.65. The predicted molar refractivity (Wildman–Crippen MR) is 89.5 cm³/mol. The lowest BCUT2D eigenvalue weighted by atomic mass is 10.0. The van der Waals surface area contributed by atoms with Crippen LogP contribution in [0.4, 0.5) is 4.39 Å². The summed E-state index contributed by atoms with van der Waals surface area (Å²) in [5.74, 6) is -0.276. The average Bonchev–Trinajstić information content (AvgIpc) is 2.55. The van der Waals surface area contributed by atoms with Crippen LogP contribution in [0.15, 0.2) is 54.7 Å². The quantitative estimate of drug-likeness (QED) is 0.758. The Hall–Kier alpha value is -2.30. The number of halogens is 1. The zero-order chi connectivity index (χ0) is 16.2. The van der Waals surface area contributed by atoms with Crippen LogP contribution in [0.1, 0.15) is 22.8 Å². The lowest BCUT2D eigenvalue weighted by Crippen LogP contribution is -2.21. The SMILES string of the molecule is Cc1ccccc1C(O)CNCc1cc(F)cc2cccnc12. The zero-order valence-corrected chi connectivity index (χ0v) is 13.0. The molecule has 0 amide bonds. The summed E-state index contributed by atoms with van der Waals surface area (Å²) in [7, 11) is 0. The van der Waals surface area contributed by atoms with Crippen molar-refractivity contribution in [3.8, 4) is 0 Å². The molecule has 0 radical (unpaired) electrons. The average molecular weight is 310 g/mol. The van der Waals surface area contributed by atoms with Gasteiger partial charge in [0.25, 0.3) is 0 Å². The van der Waals surface area contributed by atoms with Crippen molar-refractivity contribution in [3.05, 3.63) is 77.2 Å². The second kappa shape index (κ2) is 6.86. The molecule has 1 atom stereocenters. The van der Waals surface area contributed by atoms with E-state index in [9.17, 15) is 9.50 Å². The van der Waals surface area contributed by atoms with Gasteiger partial charge < -0.3 is 10.4 Å². The number of nitrogens with zero attached hydrogens (tertiary/aromatic N) is 1. The van der Waals surface area contributed by atoms with Crippen LogP contribution in [0.2, 0.25) is 0 Å². The van der Waals surface area contributed by atoms with E-state index < -0.39 is 6.10 Å². The monoisotopic (exact) mass is 310 g/mol. The van der Waals surface area contributed by atoms with Gasteiger partial charge in [-0.3, -0.25) is 4.98 Å². The Morgan fingerprint density at radius 3 is 2.83 bits per heavy atom. The third-order valence-corrected chi connectivity index (χ3v) is 3.95. The van der Waals surface area contributed by atoms with Gasteiger partial charge >= 0.3 is 0 Å².